The summed E-state index contributed by atoms with van der Waals surface area (Å²) in [6.07, 6.45) is 11.6. The molecular formula is C23H31N3O2. The number of rotatable bonds is 7. The average Bonchev–Trinajstić information content (AvgIpc) is 3.17. The highest BCUT2D eigenvalue weighted by Crippen LogP contribution is 2.31. The van der Waals surface area contributed by atoms with Gasteiger partial charge in [0.05, 0.1) is 7.11 Å². The number of imidazole rings is 1. The fourth-order valence-corrected chi connectivity index (χ4v) is 4.44. The highest BCUT2D eigenvalue weighted by Gasteiger charge is 2.28. The summed E-state index contributed by atoms with van der Waals surface area (Å²) in [6, 6.07) is 8.00. The molecule has 1 aliphatic heterocycles. The monoisotopic (exact) mass is 381 g/mol. The fourth-order valence-electron chi connectivity index (χ4n) is 4.44. The molecule has 0 spiro atoms. The third kappa shape index (κ3) is 4.40. The summed E-state index contributed by atoms with van der Waals surface area (Å²) in [6.45, 7) is 2.77. The molecule has 1 amide bonds. The van der Waals surface area contributed by atoms with Gasteiger partial charge in [-0.05, 0) is 55.7 Å². The van der Waals surface area contributed by atoms with E-state index in [1.807, 2.05) is 24.4 Å². The summed E-state index contributed by atoms with van der Waals surface area (Å²) in [7, 11) is 1.67. The number of carbonyl (C=O) groups excluding carboxylic acids is 1. The van der Waals surface area contributed by atoms with Gasteiger partial charge in [0.25, 0.3) is 0 Å². The molecule has 0 radical (unpaired) electrons. The molecule has 28 heavy (non-hydrogen) atoms. The average molecular weight is 382 g/mol. The third-order valence-corrected chi connectivity index (χ3v) is 6.33. The van der Waals surface area contributed by atoms with Gasteiger partial charge < -0.3 is 14.2 Å². The molecule has 1 aliphatic carbocycles. The number of amides is 1. The highest BCUT2D eigenvalue weighted by atomic mass is 16.5. The van der Waals surface area contributed by atoms with Crippen LogP contribution in [0.4, 0.5) is 0 Å². The second kappa shape index (κ2) is 8.80. The van der Waals surface area contributed by atoms with Crippen LogP contribution in [0, 0.1) is 5.92 Å². The van der Waals surface area contributed by atoms with Crippen LogP contribution in [0.3, 0.4) is 0 Å². The number of hydrogen-bond acceptors (Lipinski definition) is 3. The Hall–Kier alpha value is -2.30. The first-order valence-electron chi connectivity index (χ1n) is 10.6. The van der Waals surface area contributed by atoms with E-state index < -0.39 is 0 Å². The maximum Gasteiger partial charge on any atom is 0.222 e. The second-order valence-electron chi connectivity index (χ2n) is 8.27. The van der Waals surface area contributed by atoms with Gasteiger partial charge in [0, 0.05) is 44.4 Å². The number of methoxy groups -OCH3 is 1. The fraction of sp³-hybridized carbons (Fsp3) is 0.565. The van der Waals surface area contributed by atoms with Gasteiger partial charge in [-0.3, -0.25) is 4.79 Å². The number of ether oxygens (including phenoxy) is 1. The minimum Gasteiger partial charge on any atom is -0.497 e. The lowest BCUT2D eigenvalue weighted by molar-refractivity contribution is -0.132. The summed E-state index contributed by atoms with van der Waals surface area (Å²) in [5.41, 5.74) is 1.15. The molecule has 1 saturated heterocycles. The Morgan fingerprint density at radius 2 is 2.14 bits per heavy atom. The van der Waals surface area contributed by atoms with Gasteiger partial charge in [-0.25, -0.2) is 4.98 Å². The molecule has 2 aliphatic rings. The zero-order chi connectivity index (χ0) is 19.3. The predicted molar refractivity (Wildman–Crippen MR) is 109 cm³/mol. The summed E-state index contributed by atoms with van der Waals surface area (Å²) in [4.78, 5) is 19.5. The molecule has 5 heteroatoms. The van der Waals surface area contributed by atoms with E-state index in [1.54, 1.807) is 7.11 Å². The summed E-state index contributed by atoms with van der Waals surface area (Å²) < 4.78 is 7.63. The van der Waals surface area contributed by atoms with Gasteiger partial charge in [-0.15, -0.1) is 0 Å². The molecule has 0 N–H and O–H groups in total. The van der Waals surface area contributed by atoms with Crippen molar-refractivity contribution >= 4 is 5.91 Å². The molecule has 1 aromatic heterocycles. The molecule has 0 bridgehead atoms. The number of aryl methyl sites for hydroxylation is 1. The number of aromatic nitrogens is 2. The van der Waals surface area contributed by atoms with Gasteiger partial charge in [-0.2, -0.15) is 0 Å². The molecule has 5 nitrogen and oxygen atoms in total. The molecule has 1 unspecified atom stereocenters. The summed E-state index contributed by atoms with van der Waals surface area (Å²) >= 11 is 0. The number of piperidine rings is 1. The van der Waals surface area contributed by atoms with E-state index in [4.69, 9.17) is 4.74 Å². The Bertz CT molecular complexity index is 797. The normalized spacial score (nSPS) is 20.0. The largest absolute Gasteiger partial charge is 0.497 e. The number of carbonyl (C=O) groups is 1. The highest BCUT2D eigenvalue weighted by molar-refractivity contribution is 5.76. The molecule has 1 atom stereocenters. The van der Waals surface area contributed by atoms with Crippen molar-refractivity contribution in [1.82, 2.24) is 14.5 Å². The van der Waals surface area contributed by atoms with E-state index in [0.29, 0.717) is 12.3 Å². The zero-order valence-electron chi connectivity index (χ0n) is 16.8. The van der Waals surface area contributed by atoms with Crippen LogP contribution >= 0.6 is 0 Å². The number of benzene rings is 1. The predicted octanol–water partition coefficient (Wildman–Crippen LogP) is 4.03. The lowest BCUT2D eigenvalue weighted by Gasteiger charge is -2.34. The van der Waals surface area contributed by atoms with Crippen molar-refractivity contribution in [2.24, 2.45) is 5.92 Å². The lowest BCUT2D eigenvalue weighted by Crippen LogP contribution is -2.40. The Kier molecular flexibility index (Phi) is 5.98. The molecule has 150 valence electrons. The van der Waals surface area contributed by atoms with Crippen molar-refractivity contribution in [3.05, 3.63) is 48.0 Å². The van der Waals surface area contributed by atoms with Gasteiger partial charge in [0.15, 0.2) is 0 Å². The van der Waals surface area contributed by atoms with Crippen LogP contribution < -0.4 is 4.74 Å². The van der Waals surface area contributed by atoms with Crippen LogP contribution in [-0.4, -0.2) is 40.6 Å². The van der Waals surface area contributed by atoms with Crippen LogP contribution in [0.1, 0.15) is 55.8 Å². The molecule has 1 aromatic carbocycles. The van der Waals surface area contributed by atoms with Crippen LogP contribution in [-0.2, 0) is 17.8 Å². The van der Waals surface area contributed by atoms with Crippen molar-refractivity contribution in [2.45, 2.75) is 57.4 Å². The molecular weight excluding hydrogens is 350 g/mol. The van der Waals surface area contributed by atoms with Crippen molar-refractivity contribution in [1.29, 1.82) is 0 Å². The SMILES string of the molecule is COc1cccc(CCC(=O)N2CCCC(c3nccn3CC3CCC3)C2)c1. The topological polar surface area (TPSA) is 47.4 Å². The minimum absolute atomic E-state index is 0.254. The third-order valence-electron chi connectivity index (χ3n) is 6.33. The van der Waals surface area contributed by atoms with E-state index in [1.165, 1.54) is 25.1 Å². The maximum atomic E-state index is 12.8. The standard InChI is InChI=1S/C23H31N3O2/c1-28-21-9-3-5-18(15-21)10-11-22(27)25-13-4-8-20(17-25)23-24-12-14-26(23)16-19-6-2-7-19/h3,5,9,12,14-15,19-20H,2,4,6-8,10-11,13,16-17H2,1H3. The first kappa shape index (κ1) is 19.0. The first-order chi connectivity index (χ1) is 13.7. The van der Waals surface area contributed by atoms with E-state index in [9.17, 15) is 4.79 Å². The van der Waals surface area contributed by atoms with Gasteiger partial charge in [-0.1, -0.05) is 18.6 Å². The van der Waals surface area contributed by atoms with Crippen molar-refractivity contribution in [3.63, 3.8) is 0 Å². The van der Waals surface area contributed by atoms with Crippen molar-refractivity contribution < 1.29 is 9.53 Å². The Labute approximate surface area is 167 Å². The van der Waals surface area contributed by atoms with Crippen molar-refractivity contribution in [2.75, 3.05) is 20.2 Å². The van der Waals surface area contributed by atoms with Gasteiger partial charge >= 0.3 is 0 Å². The summed E-state index contributed by atoms with van der Waals surface area (Å²) in [5.74, 6) is 3.46. The molecule has 1 saturated carbocycles. The van der Waals surface area contributed by atoms with E-state index in [-0.39, 0.29) is 5.91 Å². The number of likely N-dealkylation sites (tertiary alicyclic amines) is 1. The quantitative estimate of drug-likeness (QED) is 0.727. The van der Waals surface area contributed by atoms with Crippen LogP contribution in [0.2, 0.25) is 0 Å². The number of nitrogens with zero attached hydrogens (tertiary/aromatic N) is 3. The van der Waals surface area contributed by atoms with Crippen LogP contribution in [0.25, 0.3) is 0 Å². The lowest BCUT2D eigenvalue weighted by atomic mass is 9.85. The number of hydrogen-bond donors (Lipinski definition) is 0. The van der Waals surface area contributed by atoms with Gasteiger partial charge in [0.1, 0.15) is 11.6 Å². The van der Waals surface area contributed by atoms with E-state index >= 15 is 0 Å². The Morgan fingerprint density at radius 3 is 2.93 bits per heavy atom. The minimum atomic E-state index is 0.254. The molecule has 2 aromatic rings. The van der Waals surface area contributed by atoms with Crippen LogP contribution in [0.15, 0.2) is 36.7 Å². The van der Waals surface area contributed by atoms with Crippen LogP contribution in [0.5, 0.6) is 5.75 Å². The van der Waals surface area contributed by atoms with E-state index in [2.05, 4.69) is 26.7 Å². The summed E-state index contributed by atoms with van der Waals surface area (Å²) in [5, 5.41) is 0. The smallest absolute Gasteiger partial charge is 0.222 e. The molecule has 2 heterocycles. The molecule has 4 rings (SSSR count). The van der Waals surface area contributed by atoms with E-state index in [0.717, 1.165) is 56.1 Å². The second-order valence-corrected chi connectivity index (χ2v) is 8.27. The Morgan fingerprint density at radius 1 is 1.25 bits per heavy atom. The first-order valence-corrected chi connectivity index (χ1v) is 10.6. The molecule has 2 fully saturated rings. The van der Waals surface area contributed by atoms with Crippen molar-refractivity contribution in [3.8, 4) is 5.75 Å². The Balaban J connectivity index is 1.34. The zero-order valence-corrected chi connectivity index (χ0v) is 16.8. The van der Waals surface area contributed by atoms with Gasteiger partial charge in [0.2, 0.25) is 5.91 Å². The maximum absolute atomic E-state index is 12.8.